The van der Waals surface area contributed by atoms with Crippen LogP contribution in [0.15, 0.2) is 30.4 Å². The molecule has 1 aliphatic rings. The van der Waals surface area contributed by atoms with Crippen LogP contribution in [0.1, 0.15) is 29.6 Å². The molecule has 1 unspecified atom stereocenters. The first-order valence-electron chi connectivity index (χ1n) is 7.54. The normalized spacial score (nSPS) is 18.0. The number of rotatable bonds is 2. The van der Waals surface area contributed by atoms with Crippen LogP contribution in [-0.4, -0.2) is 35.9 Å². The zero-order valence-electron chi connectivity index (χ0n) is 13.5. The van der Waals surface area contributed by atoms with Gasteiger partial charge in [-0.1, -0.05) is 12.2 Å². The minimum Gasteiger partial charge on any atom is -0.467 e. The van der Waals surface area contributed by atoms with Crippen molar-refractivity contribution in [3.63, 3.8) is 0 Å². The van der Waals surface area contributed by atoms with Crippen molar-refractivity contribution in [1.29, 1.82) is 0 Å². The quantitative estimate of drug-likeness (QED) is 0.361. The predicted octanol–water partition coefficient (Wildman–Crippen LogP) is 1.54. The Morgan fingerprint density at radius 2 is 2.08 bits per heavy atom. The first-order chi connectivity index (χ1) is 11.9. The number of anilines is 1. The first kappa shape index (κ1) is 18.1. The number of benzene rings is 1. The highest BCUT2D eigenvalue weighted by Crippen LogP contribution is 2.23. The van der Waals surface area contributed by atoms with Crippen molar-refractivity contribution in [2.75, 3.05) is 12.4 Å². The lowest BCUT2D eigenvalue weighted by Gasteiger charge is -2.17. The molecule has 25 heavy (non-hydrogen) atoms. The number of methoxy groups -OCH3 is 1. The predicted molar refractivity (Wildman–Crippen MR) is 88.0 cm³/mol. The average Bonchev–Trinajstić information content (AvgIpc) is 2.58. The Morgan fingerprint density at radius 1 is 1.32 bits per heavy atom. The summed E-state index contributed by atoms with van der Waals surface area (Å²) >= 11 is 0. The van der Waals surface area contributed by atoms with E-state index in [0.29, 0.717) is 6.42 Å². The van der Waals surface area contributed by atoms with E-state index < -0.39 is 22.8 Å². The third-order valence-electron chi connectivity index (χ3n) is 3.60. The van der Waals surface area contributed by atoms with Crippen molar-refractivity contribution < 1.29 is 24.0 Å². The number of ether oxygens (including phenoxy) is 1. The molecule has 1 heterocycles. The van der Waals surface area contributed by atoms with Crippen molar-refractivity contribution in [3.8, 4) is 0 Å². The summed E-state index contributed by atoms with van der Waals surface area (Å²) in [6.07, 6.45) is 4.19. The number of hydrogen-bond acceptors (Lipinski definition) is 6. The molecule has 0 saturated carbocycles. The Morgan fingerprint density at radius 3 is 2.76 bits per heavy atom. The maximum atomic E-state index is 12.5. The number of nitro benzene ring substituents is 1. The number of nitrogens with one attached hydrogen (secondary N) is 2. The largest absolute Gasteiger partial charge is 0.467 e. The van der Waals surface area contributed by atoms with Gasteiger partial charge in [-0.25, -0.2) is 4.79 Å². The van der Waals surface area contributed by atoms with Crippen molar-refractivity contribution in [2.24, 2.45) is 0 Å². The zero-order valence-corrected chi connectivity index (χ0v) is 13.5. The zero-order chi connectivity index (χ0) is 18.4. The van der Waals surface area contributed by atoms with Crippen LogP contribution in [0.5, 0.6) is 0 Å². The maximum Gasteiger partial charge on any atom is 0.328 e. The topological polar surface area (TPSA) is 128 Å². The Kier molecular flexibility index (Phi) is 5.83. The van der Waals surface area contributed by atoms with Gasteiger partial charge in [0.2, 0.25) is 5.91 Å². The minimum absolute atomic E-state index is 0.0184. The second-order valence-electron chi connectivity index (χ2n) is 5.33. The molecule has 9 nitrogen and oxygen atoms in total. The second-order valence-corrected chi connectivity index (χ2v) is 5.33. The van der Waals surface area contributed by atoms with Gasteiger partial charge in [0.05, 0.1) is 23.3 Å². The van der Waals surface area contributed by atoms with Crippen LogP contribution in [0.4, 0.5) is 11.4 Å². The molecule has 0 radical (unpaired) electrons. The molecular weight excluding hydrogens is 330 g/mol. The summed E-state index contributed by atoms with van der Waals surface area (Å²) in [5.41, 5.74) is -0.217. The number of fused-ring (bicyclic) bond motifs is 1. The van der Waals surface area contributed by atoms with Crippen molar-refractivity contribution >= 4 is 29.2 Å². The Hall–Kier alpha value is -3.23. The molecule has 0 aromatic heterocycles. The summed E-state index contributed by atoms with van der Waals surface area (Å²) in [6.45, 7) is 0. The van der Waals surface area contributed by atoms with Crippen LogP contribution in [0, 0.1) is 10.1 Å². The van der Waals surface area contributed by atoms with Gasteiger partial charge < -0.3 is 15.4 Å². The maximum absolute atomic E-state index is 12.5. The van der Waals surface area contributed by atoms with Gasteiger partial charge in [-0.15, -0.1) is 0 Å². The van der Waals surface area contributed by atoms with Gasteiger partial charge in [0.15, 0.2) is 0 Å². The number of allylic oxidation sites excluding steroid dienone is 1. The monoisotopic (exact) mass is 347 g/mol. The van der Waals surface area contributed by atoms with Crippen LogP contribution in [-0.2, 0) is 14.3 Å². The van der Waals surface area contributed by atoms with Gasteiger partial charge in [0.25, 0.3) is 11.6 Å². The highest BCUT2D eigenvalue weighted by molar-refractivity contribution is 6.05. The van der Waals surface area contributed by atoms with E-state index in [9.17, 15) is 24.5 Å². The Balaban J connectivity index is 2.41. The summed E-state index contributed by atoms with van der Waals surface area (Å²) in [5, 5.41) is 16.0. The van der Waals surface area contributed by atoms with Crippen LogP contribution < -0.4 is 10.6 Å². The third kappa shape index (κ3) is 4.63. The lowest BCUT2D eigenvalue weighted by Crippen LogP contribution is -2.41. The molecule has 2 rings (SSSR count). The Labute approximate surface area is 143 Å². The number of nitrogens with zero attached hydrogens (tertiary/aromatic N) is 1. The molecule has 0 fully saturated rings. The molecular formula is C16H17N3O6. The van der Waals surface area contributed by atoms with Gasteiger partial charge in [0, 0.05) is 18.6 Å². The van der Waals surface area contributed by atoms with Crippen LogP contribution in [0.2, 0.25) is 0 Å². The molecule has 1 aromatic rings. The fraction of sp³-hybridized carbons (Fsp3) is 0.312. The fourth-order valence-electron chi connectivity index (χ4n) is 2.32. The number of carbonyl (C=O) groups excluding carboxylic acids is 3. The number of carbonyl (C=O) groups is 3. The number of nitro groups is 1. The molecule has 1 aliphatic heterocycles. The Bertz CT molecular complexity index is 743. The van der Waals surface area contributed by atoms with Crippen molar-refractivity contribution in [1.82, 2.24) is 5.32 Å². The third-order valence-corrected chi connectivity index (χ3v) is 3.60. The number of amides is 2. The smallest absolute Gasteiger partial charge is 0.328 e. The first-order valence-corrected chi connectivity index (χ1v) is 7.54. The number of non-ortho nitro benzene ring substituents is 1. The lowest BCUT2D eigenvalue weighted by atomic mass is 10.1. The summed E-state index contributed by atoms with van der Waals surface area (Å²) < 4.78 is 4.67. The van der Waals surface area contributed by atoms with Gasteiger partial charge in [0.1, 0.15) is 6.04 Å². The number of esters is 1. The van der Waals surface area contributed by atoms with Gasteiger partial charge in [-0.3, -0.25) is 19.7 Å². The van der Waals surface area contributed by atoms with E-state index in [4.69, 9.17) is 0 Å². The highest BCUT2D eigenvalue weighted by Gasteiger charge is 2.24. The van der Waals surface area contributed by atoms with Crippen LogP contribution >= 0.6 is 0 Å². The standard InChI is InChI=1S/C16H17N3O6/c1-25-16(22)12-5-3-2-4-6-14(20)17-13-9-10(19(23)24)7-8-11(13)15(21)18-12/h2-3,7-9,12H,4-6H2,1H3,(H,17,20)(H,18,21). The number of hydrogen-bond donors (Lipinski definition) is 2. The van der Waals surface area contributed by atoms with E-state index in [1.807, 2.05) is 0 Å². The van der Waals surface area contributed by atoms with E-state index in [1.165, 1.54) is 13.2 Å². The fourth-order valence-corrected chi connectivity index (χ4v) is 2.32. The summed E-state index contributed by atoms with van der Waals surface area (Å²) in [4.78, 5) is 46.5. The SMILES string of the molecule is COC(=O)C1CC=CCCC(=O)Nc2cc([N+](=O)[O-])ccc2C(=O)N1. The summed E-state index contributed by atoms with van der Waals surface area (Å²) in [6, 6.07) is 2.61. The molecule has 0 saturated heterocycles. The van der Waals surface area contributed by atoms with Gasteiger partial charge in [-0.2, -0.15) is 0 Å². The average molecular weight is 347 g/mol. The van der Waals surface area contributed by atoms with E-state index >= 15 is 0 Å². The highest BCUT2D eigenvalue weighted by atomic mass is 16.6. The molecule has 2 amide bonds. The van der Waals surface area contributed by atoms with Crippen molar-refractivity contribution in [2.45, 2.75) is 25.3 Å². The van der Waals surface area contributed by atoms with Crippen LogP contribution in [0.25, 0.3) is 0 Å². The van der Waals surface area contributed by atoms with E-state index in [2.05, 4.69) is 15.4 Å². The van der Waals surface area contributed by atoms with E-state index in [1.54, 1.807) is 12.2 Å². The molecule has 2 N–H and O–H groups in total. The molecule has 0 spiro atoms. The lowest BCUT2D eigenvalue weighted by molar-refractivity contribution is -0.384. The van der Waals surface area contributed by atoms with Crippen LogP contribution in [0.3, 0.4) is 0 Å². The van der Waals surface area contributed by atoms with Gasteiger partial charge >= 0.3 is 5.97 Å². The molecule has 0 aliphatic carbocycles. The molecule has 1 atom stereocenters. The molecule has 132 valence electrons. The van der Waals surface area contributed by atoms with Crippen molar-refractivity contribution in [3.05, 3.63) is 46.0 Å². The van der Waals surface area contributed by atoms with Gasteiger partial charge in [-0.05, 0) is 18.9 Å². The molecule has 9 heteroatoms. The molecule has 0 bridgehead atoms. The van der Waals surface area contributed by atoms with E-state index in [0.717, 1.165) is 12.1 Å². The second kappa shape index (κ2) is 8.04. The summed E-state index contributed by atoms with van der Waals surface area (Å²) in [7, 11) is 1.21. The minimum atomic E-state index is -0.896. The molecule has 1 aromatic carbocycles. The summed E-state index contributed by atoms with van der Waals surface area (Å²) in [5.74, 6) is -1.62. The van der Waals surface area contributed by atoms with E-state index in [-0.39, 0.29) is 35.7 Å².